The number of carbonyl (C=O) groups excluding carboxylic acids is 4. The highest BCUT2D eigenvalue weighted by Gasteiger charge is 2.39. The zero-order chi connectivity index (χ0) is 34.6. The molecule has 5 unspecified atom stereocenters. The van der Waals surface area contributed by atoms with E-state index in [1.54, 1.807) is 61.5 Å². The second kappa shape index (κ2) is 17.9. The van der Waals surface area contributed by atoms with Gasteiger partial charge in [-0.15, -0.1) is 11.3 Å². The number of nitrogens with zero attached hydrogens (tertiary/aromatic N) is 1. The molecule has 1 aromatic heterocycles. The van der Waals surface area contributed by atoms with Gasteiger partial charge in [0.05, 0.1) is 42.0 Å². The van der Waals surface area contributed by atoms with Crippen LogP contribution in [0, 0.1) is 13.8 Å². The van der Waals surface area contributed by atoms with Crippen molar-refractivity contribution in [3.05, 3.63) is 81.8 Å². The molecule has 2 aromatic carbocycles. The minimum absolute atomic E-state index is 0.00706. The maximum Gasteiger partial charge on any atom is 0.263 e. The molecule has 1 heterocycles. The van der Waals surface area contributed by atoms with E-state index in [4.69, 9.17) is 13.7 Å². The van der Waals surface area contributed by atoms with Gasteiger partial charge in [0.25, 0.3) is 5.91 Å². The van der Waals surface area contributed by atoms with Gasteiger partial charge in [0.15, 0.2) is 16.9 Å². The molecule has 3 amide bonds. The van der Waals surface area contributed by atoms with Crippen LogP contribution in [0.3, 0.4) is 0 Å². The summed E-state index contributed by atoms with van der Waals surface area (Å²) in [5.74, 6) is -2.86. The monoisotopic (exact) mass is 688 g/mol. The second-order valence-electron chi connectivity index (χ2n) is 10.9. The Kier molecular flexibility index (Phi) is 14.3. The largest absolute Gasteiger partial charge is 0.382 e. The summed E-state index contributed by atoms with van der Waals surface area (Å²) in [6.07, 6.45) is 1.38. The van der Waals surface area contributed by atoms with Crippen molar-refractivity contribution >= 4 is 45.9 Å². The van der Waals surface area contributed by atoms with E-state index in [1.165, 1.54) is 27.3 Å². The Labute approximate surface area is 280 Å². The zero-order valence-corrected chi connectivity index (χ0v) is 28.4. The first-order valence-electron chi connectivity index (χ1n) is 14.6. The SMILES string of the molecule is COCC(NC(=O)c1cnc(C)s1)C(=O)NC(COC)C(=O)NC(Cc1ccccc1)C(=O)C(C)(O)COS(=O)c1ccc(C)cc1. The summed E-state index contributed by atoms with van der Waals surface area (Å²) in [6, 6.07) is 11.8. The van der Waals surface area contributed by atoms with Gasteiger partial charge >= 0.3 is 0 Å². The van der Waals surface area contributed by atoms with Crippen molar-refractivity contribution < 1.29 is 42.2 Å². The number of thiazole rings is 1. The molecule has 5 atom stereocenters. The number of rotatable bonds is 18. The highest BCUT2D eigenvalue weighted by molar-refractivity contribution is 7.80. The first-order valence-corrected chi connectivity index (χ1v) is 16.5. The van der Waals surface area contributed by atoms with Gasteiger partial charge in [-0.25, -0.2) is 9.19 Å². The third kappa shape index (κ3) is 11.4. The maximum atomic E-state index is 13.7. The highest BCUT2D eigenvalue weighted by Crippen LogP contribution is 2.17. The molecule has 3 aromatic rings. The van der Waals surface area contributed by atoms with Gasteiger partial charge in [0.1, 0.15) is 22.6 Å². The topological polar surface area (TPSA) is 182 Å². The fourth-order valence-electron chi connectivity index (χ4n) is 4.33. The molecule has 0 aliphatic rings. The number of aryl methyl sites for hydroxylation is 2. The lowest BCUT2D eigenvalue weighted by atomic mass is 9.91. The van der Waals surface area contributed by atoms with E-state index < -0.39 is 64.9 Å². The van der Waals surface area contributed by atoms with Gasteiger partial charge in [0, 0.05) is 14.2 Å². The van der Waals surface area contributed by atoms with E-state index in [0.29, 0.717) is 20.3 Å². The Bertz CT molecular complexity index is 1530. The summed E-state index contributed by atoms with van der Waals surface area (Å²) in [5, 5.41) is 19.6. The van der Waals surface area contributed by atoms with Crippen LogP contribution in [0.5, 0.6) is 0 Å². The van der Waals surface area contributed by atoms with Gasteiger partial charge in [-0.05, 0) is 44.9 Å². The van der Waals surface area contributed by atoms with Crippen LogP contribution < -0.4 is 16.0 Å². The Morgan fingerprint density at radius 3 is 2.02 bits per heavy atom. The van der Waals surface area contributed by atoms with E-state index in [9.17, 15) is 28.5 Å². The number of hydrogen-bond acceptors (Lipinski definition) is 11. The molecule has 0 saturated heterocycles. The van der Waals surface area contributed by atoms with Gasteiger partial charge in [0.2, 0.25) is 11.8 Å². The molecule has 15 heteroatoms. The lowest BCUT2D eigenvalue weighted by molar-refractivity contribution is -0.143. The van der Waals surface area contributed by atoms with Crippen molar-refractivity contribution in [3.63, 3.8) is 0 Å². The molecular formula is C32H40N4O9S2. The van der Waals surface area contributed by atoms with Crippen LogP contribution >= 0.6 is 11.3 Å². The number of hydrogen-bond donors (Lipinski definition) is 4. The minimum atomic E-state index is -2.16. The lowest BCUT2D eigenvalue weighted by Gasteiger charge is -2.29. The predicted octanol–water partition coefficient (Wildman–Crippen LogP) is 1.42. The summed E-state index contributed by atoms with van der Waals surface area (Å²) in [6.45, 7) is 3.73. The Balaban J connectivity index is 1.76. The van der Waals surface area contributed by atoms with Crippen LogP contribution in [0.2, 0.25) is 0 Å². The molecule has 4 N–H and O–H groups in total. The van der Waals surface area contributed by atoms with Crippen molar-refractivity contribution in [1.82, 2.24) is 20.9 Å². The van der Waals surface area contributed by atoms with E-state index in [0.717, 1.165) is 16.9 Å². The molecule has 0 aliphatic carbocycles. The van der Waals surface area contributed by atoms with E-state index >= 15 is 0 Å². The molecule has 0 radical (unpaired) electrons. The third-order valence-electron chi connectivity index (χ3n) is 6.87. The van der Waals surface area contributed by atoms with Gasteiger partial charge < -0.3 is 30.5 Å². The molecule has 0 spiro atoms. The van der Waals surface area contributed by atoms with E-state index in [-0.39, 0.29) is 19.6 Å². The summed E-state index contributed by atoms with van der Waals surface area (Å²) in [7, 11) is 2.68. The Morgan fingerprint density at radius 1 is 0.894 bits per heavy atom. The molecule has 13 nitrogen and oxygen atoms in total. The highest BCUT2D eigenvalue weighted by atomic mass is 32.2. The first-order chi connectivity index (χ1) is 22.3. The molecule has 0 bridgehead atoms. The Morgan fingerprint density at radius 2 is 1.47 bits per heavy atom. The van der Waals surface area contributed by atoms with Crippen molar-refractivity contribution in [2.45, 2.75) is 55.8 Å². The van der Waals surface area contributed by atoms with Crippen LogP contribution in [0.25, 0.3) is 0 Å². The summed E-state index contributed by atoms with van der Waals surface area (Å²) in [4.78, 5) is 57.9. The molecule has 3 rings (SSSR count). The van der Waals surface area contributed by atoms with E-state index in [2.05, 4.69) is 20.9 Å². The molecule has 254 valence electrons. The third-order valence-corrected chi connectivity index (χ3v) is 8.77. The van der Waals surface area contributed by atoms with Crippen molar-refractivity contribution in [3.8, 4) is 0 Å². The molecule has 0 aliphatic heterocycles. The maximum absolute atomic E-state index is 13.7. The smallest absolute Gasteiger partial charge is 0.263 e. The van der Waals surface area contributed by atoms with Crippen molar-refractivity contribution in [1.29, 1.82) is 0 Å². The molecule has 47 heavy (non-hydrogen) atoms. The summed E-state index contributed by atoms with van der Waals surface area (Å²) < 4.78 is 28.3. The fraction of sp³-hybridized carbons (Fsp3) is 0.406. The number of ketones is 1. The quantitative estimate of drug-likeness (QED) is 0.153. The lowest BCUT2D eigenvalue weighted by Crippen LogP contribution is -2.60. The number of aliphatic hydroxyl groups is 1. The minimum Gasteiger partial charge on any atom is -0.382 e. The Hall–Kier alpha value is -3.86. The van der Waals surface area contributed by atoms with Gasteiger partial charge in [-0.1, -0.05) is 48.0 Å². The number of amides is 3. The zero-order valence-electron chi connectivity index (χ0n) is 26.8. The fourth-order valence-corrected chi connectivity index (χ4v) is 5.84. The molecule has 0 saturated carbocycles. The number of methoxy groups -OCH3 is 2. The van der Waals surface area contributed by atoms with Crippen molar-refractivity contribution in [2.24, 2.45) is 0 Å². The van der Waals surface area contributed by atoms with Gasteiger partial charge in [-0.2, -0.15) is 0 Å². The van der Waals surface area contributed by atoms with E-state index in [1.807, 2.05) is 6.92 Å². The standard InChI is InChI=1S/C32H40N4O9S2/c1-20-11-13-23(14-12-20)47(42)45-19-32(3,41)28(37)24(15-22-9-7-6-8-10-22)34-29(38)25(17-43-4)35-30(39)26(18-44-5)36-31(40)27-16-33-21(2)46-27/h6-14,16,24-26,41H,15,17-19H2,1-5H3,(H,34,38)(H,35,39)(H,36,40). The number of nitrogens with one attached hydrogen (secondary N) is 3. The first kappa shape index (κ1) is 37.6. The molecule has 0 fully saturated rings. The van der Waals surface area contributed by atoms with Crippen LogP contribution in [0.15, 0.2) is 65.7 Å². The normalized spacial score (nSPS) is 15.0. The van der Waals surface area contributed by atoms with Crippen molar-refractivity contribution in [2.75, 3.05) is 34.0 Å². The average molecular weight is 689 g/mol. The second-order valence-corrected chi connectivity index (χ2v) is 13.4. The number of aromatic nitrogens is 1. The summed E-state index contributed by atoms with van der Waals surface area (Å²) in [5.41, 5.74) is -0.518. The number of carbonyl (C=O) groups is 4. The predicted molar refractivity (Wildman–Crippen MR) is 175 cm³/mol. The van der Waals surface area contributed by atoms with Crippen LogP contribution in [0.4, 0.5) is 0 Å². The average Bonchev–Trinajstić information content (AvgIpc) is 3.49. The van der Waals surface area contributed by atoms with Gasteiger partial charge in [-0.3, -0.25) is 23.4 Å². The number of Topliss-reactive ketones (excluding diaryl/α,β-unsaturated/α-hetero) is 1. The molecular weight excluding hydrogens is 649 g/mol. The van der Waals surface area contributed by atoms with Crippen LogP contribution in [0.1, 0.15) is 32.7 Å². The number of benzene rings is 2. The van der Waals surface area contributed by atoms with Crippen LogP contribution in [-0.2, 0) is 45.5 Å². The summed E-state index contributed by atoms with van der Waals surface area (Å²) >= 11 is -0.809. The van der Waals surface area contributed by atoms with Crippen LogP contribution in [-0.4, -0.2) is 95.6 Å². The number of ether oxygens (including phenoxy) is 2.